The molecular formula is C50H54FN5O7. The molecule has 11 rings (SSSR count). The van der Waals surface area contributed by atoms with Crippen LogP contribution in [0.2, 0.25) is 0 Å². The SMILES string of the molecule is COc1cc(N2CCC3(CC2)C[C@H](CN2CCN4c5ccc6c(c5OC[C@H]4C2)CN([C@H]2CCC(=O)NC2=O)C6=O)CO3)c(F)cc1[C@@H]1c2ccc(O)cc2CC[C@@H]1c1ccccc1. The second-order valence-electron chi connectivity index (χ2n) is 18.8. The second-order valence-corrected chi connectivity index (χ2v) is 18.8. The number of anilines is 2. The molecule has 7 aliphatic rings. The Kier molecular flexibility index (Phi) is 10.1. The fourth-order valence-electron chi connectivity index (χ4n) is 12.1. The number of carbonyl (C=O) groups is 3. The Bertz CT molecular complexity index is 2470. The Morgan fingerprint density at radius 2 is 1.73 bits per heavy atom. The lowest BCUT2D eigenvalue weighted by atomic mass is 9.69. The number of carbonyl (C=O) groups excluding carboxylic acids is 3. The smallest absolute Gasteiger partial charge is 0.255 e. The van der Waals surface area contributed by atoms with Gasteiger partial charge in [0.05, 0.1) is 43.3 Å². The molecule has 0 unspecified atom stereocenters. The minimum atomic E-state index is -0.660. The average molecular weight is 856 g/mol. The standard InChI is InChI=1S/C50H54FN5O7/c1-61-44-23-43(40(51)22-38(44)46-35(31-5-3-2-4-6-31)9-7-32-21-34(57)8-10-36(32)46)54-17-15-50(16-18-54)24-30(28-63-50)25-53-19-20-55-33(26-53)29-62-47-39-27-56(42-13-14-45(58)52-48(42)59)49(60)37(39)11-12-41(47)55/h2-6,8,10-12,21-23,30,33,35,42,46,57H,7,9,13-20,24-29H2,1H3,(H,52,58,59)/t30-,33-,35-,42+,46+/m1/s1. The Morgan fingerprint density at radius 3 is 2.54 bits per heavy atom. The van der Waals surface area contributed by atoms with E-state index in [-0.39, 0.29) is 53.3 Å². The molecule has 0 radical (unpaired) electrons. The lowest BCUT2D eigenvalue weighted by Gasteiger charge is -2.46. The largest absolute Gasteiger partial charge is 0.508 e. The van der Waals surface area contributed by atoms with Crippen molar-refractivity contribution >= 4 is 29.1 Å². The summed E-state index contributed by atoms with van der Waals surface area (Å²) in [6.07, 6.45) is 4.92. The van der Waals surface area contributed by atoms with Crippen molar-refractivity contribution in [3.05, 3.63) is 112 Å². The number of benzene rings is 4. The molecule has 3 amide bonds. The van der Waals surface area contributed by atoms with E-state index in [1.54, 1.807) is 24.1 Å². The number of phenolic OH excluding ortho intramolecular Hbond substituents is 1. The topological polar surface area (TPSA) is 124 Å². The number of ether oxygens (including phenoxy) is 3. The van der Waals surface area contributed by atoms with Gasteiger partial charge >= 0.3 is 0 Å². The first-order valence-corrected chi connectivity index (χ1v) is 22.7. The molecule has 0 bridgehead atoms. The van der Waals surface area contributed by atoms with E-state index in [0.29, 0.717) is 62.2 Å². The molecule has 0 saturated carbocycles. The second kappa shape index (κ2) is 15.8. The Morgan fingerprint density at radius 1 is 0.889 bits per heavy atom. The Hall–Kier alpha value is -5.66. The van der Waals surface area contributed by atoms with Crippen LogP contribution in [-0.4, -0.2) is 110 Å². The predicted octanol–water partition coefficient (Wildman–Crippen LogP) is 6.12. The number of halogens is 1. The number of imide groups is 1. The number of nitrogens with zero attached hydrogens (tertiary/aromatic N) is 4. The molecule has 5 atom stereocenters. The molecule has 13 heteroatoms. The van der Waals surface area contributed by atoms with Crippen molar-refractivity contribution in [3.63, 3.8) is 0 Å². The van der Waals surface area contributed by atoms with E-state index >= 15 is 4.39 Å². The van der Waals surface area contributed by atoms with Crippen molar-refractivity contribution in [1.82, 2.24) is 15.1 Å². The number of aromatic hydroxyl groups is 1. The number of piperazine rings is 1. The van der Waals surface area contributed by atoms with Crippen LogP contribution in [0.3, 0.4) is 0 Å². The fraction of sp³-hybridized carbons (Fsp3) is 0.460. The van der Waals surface area contributed by atoms with Gasteiger partial charge < -0.3 is 34.0 Å². The first kappa shape index (κ1) is 40.1. The molecular weight excluding hydrogens is 802 g/mol. The maximum absolute atomic E-state index is 16.5. The molecule has 2 N–H and O–H groups in total. The summed E-state index contributed by atoms with van der Waals surface area (Å²) < 4.78 is 35.7. The number of nitrogens with one attached hydrogen (secondary N) is 1. The molecule has 4 aromatic carbocycles. The first-order valence-electron chi connectivity index (χ1n) is 22.7. The van der Waals surface area contributed by atoms with Gasteiger partial charge in [0.25, 0.3) is 5.91 Å². The van der Waals surface area contributed by atoms with Crippen LogP contribution >= 0.6 is 0 Å². The van der Waals surface area contributed by atoms with Gasteiger partial charge in [0, 0.05) is 74.4 Å². The molecule has 12 nitrogen and oxygen atoms in total. The van der Waals surface area contributed by atoms with E-state index in [4.69, 9.17) is 14.2 Å². The summed E-state index contributed by atoms with van der Waals surface area (Å²) in [6.45, 7) is 6.49. The van der Waals surface area contributed by atoms with Gasteiger partial charge in [0.2, 0.25) is 11.8 Å². The highest BCUT2D eigenvalue weighted by atomic mass is 19.1. The van der Waals surface area contributed by atoms with Gasteiger partial charge in [-0.05, 0) is 97.4 Å². The van der Waals surface area contributed by atoms with Crippen molar-refractivity contribution < 1.29 is 38.1 Å². The number of piperidine rings is 2. The highest BCUT2D eigenvalue weighted by Crippen LogP contribution is 2.51. The highest BCUT2D eigenvalue weighted by Gasteiger charge is 2.46. The van der Waals surface area contributed by atoms with Gasteiger partial charge in [-0.25, -0.2) is 4.39 Å². The zero-order valence-corrected chi connectivity index (χ0v) is 35.7. The van der Waals surface area contributed by atoms with Crippen LogP contribution in [0.1, 0.15) is 88.5 Å². The molecule has 4 fully saturated rings. The van der Waals surface area contributed by atoms with Gasteiger partial charge in [-0.2, -0.15) is 0 Å². The van der Waals surface area contributed by atoms with Crippen LogP contribution in [0.4, 0.5) is 15.8 Å². The molecule has 1 spiro atoms. The van der Waals surface area contributed by atoms with Crippen molar-refractivity contribution in [2.45, 2.75) is 81.0 Å². The van der Waals surface area contributed by atoms with Gasteiger partial charge in [-0.3, -0.25) is 24.6 Å². The summed E-state index contributed by atoms with van der Waals surface area (Å²) in [7, 11) is 1.67. The summed E-state index contributed by atoms with van der Waals surface area (Å²) >= 11 is 0. The van der Waals surface area contributed by atoms with Crippen LogP contribution in [0.25, 0.3) is 0 Å². The molecule has 63 heavy (non-hydrogen) atoms. The summed E-state index contributed by atoms with van der Waals surface area (Å²) in [5.74, 6) is 0.931. The molecule has 6 aliphatic heterocycles. The van der Waals surface area contributed by atoms with Crippen LogP contribution in [-0.2, 0) is 27.3 Å². The van der Waals surface area contributed by atoms with Crippen LogP contribution in [0, 0.1) is 11.7 Å². The highest BCUT2D eigenvalue weighted by molar-refractivity contribution is 6.06. The number of methoxy groups -OCH3 is 1. The number of phenols is 1. The molecule has 4 aromatic rings. The Labute approximate surface area is 366 Å². The molecule has 0 aromatic heterocycles. The zero-order valence-electron chi connectivity index (χ0n) is 35.7. The van der Waals surface area contributed by atoms with Gasteiger partial charge in [0.15, 0.2) is 0 Å². The number of fused-ring (bicyclic) bond motifs is 6. The number of amides is 3. The van der Waals surface area contributed by atoms with Crippen molar-refractivity contribution in [2.24, 2.45) is 5.92 Å². The van der Waals surface area contributed by atoms with E-state index in [1.807, 2.05) is 36.4 Å². The monoisotopic (exact) mass is 855 g/mol. The molecule has 4 saturated heterocycles. The summed E-state index contributed by atoms with van der Waals surface area (Å²) in [4.78, 5) is 46.5. The third-order valence-electron chi connectivity index (χ3n) is 15.2. The molecule has 6 heterocycles. The third-order valence-corrected chi connectivity index (χ3v) is 15.2. The van der Waals surface area contributed by atoms with E-state index < -0.39 is 11.9 Å². The number of rotatable bonds is 7. The lowest BCUT2D eigenvalue weighted by Crippen LogP contribution is -2.58. The normalized spacial score (nSPS) is 26.5. The fourth-order valence-corrected chi connectivity index (χ4v) is 12.1. The molecule has 328 valence electrons. The van der Waals surface area contributed by atoms with E-state index in [0.717, 1.165) is 92.0 Å². The molecule has 1 aliphatic carbocycles. The average Bonchev–Trinajstić information content (AvgIpc) is 3.85. The third kappa shape index (κ3) is 7.08. The summed E-state index contributed by atoms with van der Waals surface area (Å²) in [5.41, 5.74) is 6.99. The minimum Gasteiger partial charge on any atom is -0.508 e. The number of hydrogen-bond acceptors (Lipinski definition) is 10. The Balaban J connectivity index is 0.728. The van der Waals surface area contributed by atoms with Crippen molar-refractivity contribution in [3.8, 4) is 17.2 Å². The maximum Gasteiger partial charge on any atom is 0.255 e. The number of hydrogen-bond donors (Lipinski definition) is 2. The lowest BCUT2D eigenvalue weighted by molar-refractivity contribution is -0.136. The quantitative estimate of drug-likeness (QED) is 0.210. The van der Waals surface area contributed by atoms with Crippen LogP contribution in [0.5, 0.6) is 17.2 Å². The van der Waals surface area contributed by atoms with E-state index in [9.17, 15) is 19.5 Å². The predicted molar refractivity (Wildman–Crippen MR) is 234 cm³/mol. The van der Waals surface area contributed by atoms with Gasteiger partial charge in [-0.15, -0.1) is 0 Å². The number of aryl methyl sites for hydroxylation is 1. The van der Waals surface area contributed by atoms with E-state index in [2.05, 4.69) is 44.3 Å². The maximum atomic E-state index is 16.5. The van der Waals surface area contributed by atoms with Gasteiger partial charge in [0.1, 0.15) is 35.7 Å². The van der Waals surface area contributed by atoms with Crippen LogP contribution < -0.4 is 24.6 Å². The van der Waals surface area contributed by atoms with Crippen molar-refractivity contribution in [1.29, 1.82) is 0 Å². The van der Waals surface area contributed by atoms with E-state index in [1.165, 1.54) is 5.56 Å². The van der Waals surface area contributed by atoms with Gasteiger partial charge in [-0.1, -0.05) is 36.4 Å². The summed E-state index contributed by atoms with van der Waals surface area (Å²) in [6, 6.07) is 23.0. The van der Waals surface area contributed by atoms with Crippen LogP contribution in [0.15, 0.2) is 72.8 Å². The minimum absolute atomic E-state index is 0.124. The van der Waals surface area contributed by atoms with Crippen molar-refractivity contribution in [2.75, 3.05) is 69.4 Å². The zero-order chi connectivity index (χ0) is 43.0. The summed E-state index contributed by atoms with van der Waals surface area (Å²) in [5, 5.41) is 12.7. The first-order chi connectivity index (χ1) is 30.6.